The molecule has 32 heavy (non-hydrogen) atoms. The van der Waals surface area contributed by atoms with Gasteiger partial charge in [0.15, 0.2) is 0 Å². The molecule has 0 N–H and O–H groups in total. The second-order valence-corrected chi connectivity index (χ2v) is 9.39. The highest BCUT2D eigenvalue weighted by atomic mass is 16.5. The molecule has 0 spiro atoms. The zero-order valence-corrected chi connectivity index (χ0v) is 21.9. The molecule has 0 fully saturated rings. The van der Waals surface area contributed by atoms with Crippen LogP contribution in [-0.2, 0) is 19.1 Å². The number of rotatable bonds is 20. The molecule has 0 heterocycles. The fourth-order valence-corrected chi connectivity index (χ4v) is 3.38. The molecule has 5 nitrogen and oxygen atoms in total. The van der Waals surface area contributed by atoms with Gasteiger partial charge in [0.2, 0.25) is 0 Å². The van der Waals surface area contributed by atoms with E-state index >= 15 is 0 Å². The lowest BCUT2D eigenvalue weighted by Crippen LogP contribution is -2.36. The highest BCUT2D eigenvalue weighted by molar-refractivity contribution is 5.75. The van der Waals surface area contributed by atoms with Gasteiger partial charge in [-0.1, -0.05) is 92.2 Å². The summed E-state index contributed by atoms with van der Waals surface area (Å²) in [4.78, 5) is 26.0. The van der Waals surface area contributed by atoms with Crippen LogP contribution in [0.5, 0.6) is 0 Å². The molecular formula is C27H51NO4. The van der Waals surface area contributed by atoms with Crippen LogP contribution < -0.4 is 0 Å². The van der Waals surface area contributed by atoms with Crippen LogP contribution in [0.15, 0.2) is 12.2 Å². The van der Waals surface area contributed by atoms with Crippen molar-refractivity contribution in [1.29, 1.82) is 0 Å². The molecule has 188 valence electrons. The summed E-state index contributed by atoms with van der Waals surface area (Å²) in [6.07, 6.45) is 14.6. The average molecular weight is 454 g/mol. The third-order valence-corrected chi connectivity index (χ3v) is 6.27. The number of nitrogens with zero attached hydrogens (tertiary/aromatic N) is 1. The van der Waals surface area contributed by atoms with Crippen molar-refractivity contribution in [2.75, 3.05) is 32.8 Å². The number of hydrogen-bond donors (Lipinski definition) is 0. The first kappa shape index (κ1) is 30.6. The van der Waals surface area contributed by atoms with E-state index in [-0.39, 0.29) is 30.9 Å². The number of carbonyl (C=O) groups is 2. The summed E-state index contributed by atoms with van der Waals surface area (Å²) in [5.41, 5.74) is 0. The van der Waals surface area contributed by atoms with E-state index in [1.54, 1.807) is 4.90 Å². The molecule has 3 atom stereocenters. The molecule has 0 aliphatic carbocycles. The van der Waals surface area contributed by atoms with Crippen molar-refractivity contribution in [2.24, 2.45) is 17.8 Å². The Morgan fingerprint density at radius 1 is 0.781 bits per heavy atom. The Labute approximate surface area is 198 Å². The molecule has 0 bridgehead atoms. The van der Waals surface area contributed by atoms with Crippen LogP contribution in [0.3, 0.4) is 0 Å². The van der Waals surface area contributed by atoms with E-state index in [2.05, 4.69) is 46.8 Å². The minimum atomic E-state index is -0.281. The second kappa shape index (κ2) is 20.3. The first-order valence-corrected chi connectivity index (χ1v) is 13.0. The van der Waals surface area contributed by atoms with E-state index in [1.165, 1.54) is 32.1 Å². The average Bonchev–Trinajstić information content (AvgIpc) is 2.78. The Kier molecular flexibility index (Phi) is 19.4. The van der Waals surface area contributed by atoms with Gasteiger partial charge in [-0.25, -0.2) is 0 Å². The quantitative estimate of drug-likeness (QED) is 0.121. The predicted molar refractivity (Wildman–Crippen MR) is 134 cm³/mol. The molecule has 0 saturated carbocycles. The number of likely N-dealkylation sites (N-methyl/N-ethyl adjacent to an activating group) is 1. The third kappa shape index (κ3) is 17.2. The van der Waals surface area contributed by atoms with Crippen molar-refractivity contribution >= 4 is 11.9 Å². The van der Waals surface area contributed by atoms with Crippen LogP contribution in [0.1, 0.15) is 99.3 Å². The number of ether oxygens (including phenoxy) is 2. The Morgan fingerprint density at radius 2 is 1.38 bits per heavy atom. The molecule has 5 heteroatoms. The van der Waals surface area contributed by atoms with Crippen LogP contribution in [0.2, 0.25) is 0 Å². The maximum Gasteiger partial charge on any atom is 0.320 e. The minimum absolute atomic E-state index is 0.123. The number of hydrogen-bond acceptors (Lipinski definition) is 5. The van der Waals surface area contributed by atoms with Gasteiger partial charge in [0, 0.05) is 0 Å². The summed E-state index contributed by atoms with van der Waals surface area (Å²) in [6, 6.07) is 0. The van der Waals surface area contributed by atoms with E-state index in [9.17, 15) is 9.59 Å². The van der Waals surface area contributed by atoms with Gasteiger partial charge in [-0.15, -0.1) is 0 Å². The molecule has 0 aromatic rings. The highest BCUT2D eigenvalue weighted by Crippen LogP contribution is 2.18. The van der Waals surface area contributed by atoms with Crippen LogP contribution in [0, 0.1) is 17.8 Å². The van der Waals surface area contributed by atoms with Crippen molar-refractivity contribution in [2.45, 2.75) is 99.3 Å². The smallest absolute Gasteiger partial charge is 0.320 e. The highest BCUT2D eigenvalue weighted by Gasteiger charge is 2.15. The van der Waals surface area contributed by atoms with Gasteiger partial charge in [0.25, 0.3) is 0 Å². The summed E-state index contributed by atoms with van der Waals surface area (Å²) in [7, 11) is 0. The summed E-state index contributed by atoms with van der Waals surface area (Å²) >= 11 is 0. The Balaban J connectivity index is 3.99. The van der Waals surface area contributed by atoms with Gasteiger partial charge in [0.1, 0.15) is 0 Å². The molecule has 0 saturated heterocycles. The van der Waals surface area contributed by atoms with Crippen molar-refractivity contribution in [1.82, 2.24) is 4.90 Å². The van der Waals surface area contributed by atoms with E-state index in [1.807, 2.05) is 6.92 Å². The normalized spacial score (nSPS) is 14.5. The third-order valence-electron chi connectivity index (χ3n) is 6.27. The van der Waals surface area contributed by atoms with Gasteiger partial charge < -0.3 is 9.47 Å². The topological polar surface area (TPSA) is 55.8 Å². The number of allylic oxidation sites excluding steroid dienone is 2. The van der Waals surface area contributed by atoms with Crippen LogP contribution in [0.25, 0.3) is 0 Å². The molecule has 0 aliphatic rings. The van der Waals surface area contributed by atoms with Gasteiger partial charge in [-0.2, -0.15) is 0 Å². The van der Waals surface area contributed by atoms with Crippen LogP contribution >= 0.6 is 0 Å². The molecule has 0 amide bonds. The lowest BCUT2D eigenvalue weighted by Gasteiger charge is -2.19. The molecule has 0 aromatic carbocycles. The first-order valence-electron chi connectivity index (χ1n) is 13.0. The molecule has 3 unspecified atom stereocenters. The monoisotopic (exact) mass is 453 g/mol. The van der Waals surface area contributed by atoms with E-state index in [0.717, 1.165) is 31.6 Å². The fourth-order valence-electron chi connectivity index (χ4n) is 3.38. The maximum absolute atomic E-state index is 12.2. The predicted octanol–water partition coefficient (Wildman–Crippen LogP) is 6.41. The minimum Gasteiger partial charge on any atom is -0.465 e. The van der Waals surface area contributed by atoms with Gasteiger partial charge in [-0.05, 0) is 43.6 Å². The molecule has 0 rings (SSSR count). The van der Waals surface area contributed by atoms with Crippen LogP contribution in [-0.4, -0.2) is 49.7 Å². The zero-order chi connectivity index (χ0) is 24.2. The SMILES string of the molecule is CCCCCCCCOC(=O)CN(CC)CC(=O)OCC(C)C/C=C\CC(C)C(C)CC. The Morgan fingerprint density at radius 3 is 2.00 bits per heavy atom. The number of esters is 2. The second-order valence-electron chi connectivity index (χ2n) is 9.39. The molecule has 0 aliphatic heterocycles. The maximum atomic E-state index is 12.2. The molecule has 0 aromatic heterocycles. The largest absolute Gasteiger partial charge is 0.465 e. The standard InChI is InChI=1S/C27H51NO4/c1-7-10-11-12-13-16-19-31-26(29)20-28(9-3)21-27(30)32-22-23(4)17-14-15-18-25(6)24(5)8-2/h14-15,23-25H,7-13,16-22H2,1-6H3/b15-14-. The summed E-state index contributed by atoms with van der Waals surface area (Å²) < 4.78 is 10.7. The Bertz CT molecular complexity index is 506. The lowest BCUT2D eigenvalue weighted by atomic mass is 9.90. The van der Waals surface area contributed by atoms with Crippen molar-refractivity contribution in [3.8, 4) is 0 Å². The van der Waals surface area contributed by atoms with Gasteiger partial charge in [-0.3, -0.25) is 14.5 Å². The molecule has 0 radical (unpaired) electrons. The van der Waals surface area contributed by atoms with Gasteiger partial charge >= 0.3 is 11.9 Å². The van der Waals surface area contributed by atoms with E-state index in [4.69, 9.17) is 9.47 Å². The fraction of sp³-hybridized carbons (Fsp3) is 0.852. The molecular weight excluding hydrogens is 402 g/mol. The lowest BCUT2D eigenvalue weighted by molar-refractivity contribution is -0.149. The van der Waals surface area contributed by atoms with E-state index < -0.39 is 0 Å². The van der Waals surface area contributed by atoms with E-state index in [0.29, 0.717) is 25.7 Å². The summed E-state index contributed by atoms with van der Waals surface area (Å²) in [5, 5.41) is 0. The zero-order valence-electron chi connectivity index (χ0n) is 21.9. The van der Waals surface area contributed by atoms with Crippen molar-refractivity contribution in [3.63, 3.8) is 0 Å². The van der Waals surface area contributed by atoms with Crippen molar-refractivity contribution < 1.29 is 19.1 Å². The summed E-state index contributed by atoms with van der Waals surface area (Å²) in [5.74, 6) is 1.18. The van der Waals surface area contributed by atoms with Crippen molar-refractivity contribution in [3.05, 3.63) is 12.2 Å². The summed E-state index contributed by atoms with van der Waals surface area (Å²) in [6.45, 7) is 14.8. The number of unbranched alkanes of at least 4 members (excludes halogenated alkanes) is 5. The number of carbonyl (C=O) groups excluding carboxylic acids is 2. The Hall–Kier alpha value is -1.36. The van der Waals surface area contributed by atoms with Crippen LogP contribution in [0.4, 0.5) is 0 Å². The van der Waals surface area contributed by atoms with Gasteiger partial charge in [0.05, 0.1) is 26.3 Å². The first-order chi connectivity index (χ1) is 15.3.